The van der Waals surface area contributed by atoms with Crippen LogP contribution in [0.4, 0.5) is 20.6 Å². The fourth-order valence-corrected chi connectivity index (χ4v) is 2.76. The number of hydrogen-bond donors (Lipinski definition) is 2. The number of amides is 4. The molecule has 1 fully saturated rings. The first kappa shape index (κ1) is 19.6. The zero-order valence-corrected chi connectivity index (χ0v) is 15.8. The highest BCUT2D eigenvalue weighted by Gasteiger charge is 2.33. The SMILES string of the molecule is CC(C)(Oc1cccc(Cl)c1)C(=O)Nc1ccc(F)c(N2C(=O)CNC2=O)c1. The Morgan fingerprint density at radius 2 is 2.00 bits per heavy atom. The molecule has 1 heterocycles. The van der Waals surface area contributed by atoms with Crippen molar-refractivity contribution in [3.63, 3.8) is 0 Å². The second kappa shape index (κ2) is 7.47. The fraction of sp³-hybridized carbons (Fsp3) is 0.211. The van der Waals surface area contributed by atoms with Crippen LogP contribution in [0.1, 0.15) is 13.8 Å². The number of halogens is 2. The number of nitrogens with zero attached hydrogens (tertiary/aromatic N) is 1. The average Bonchev–Trinajstić information content (AvgIpc) is 2.95. The molecule has 0 aliphatic carbocycles. The number of urea groups is 1. The fourth-order valence-electron chi connectivity index (χ4n) is 2.58. The second-order valence-corrected chi connectivity index (χ2v) is 7.01. The normalized spacial score (nSPS) is 14.1. The number of benzene rings is 2. The van der Waals surface area contributed by atoms with E-state index in [0.29, 0.717) is 15.7 Å². The van der Waals surface area contributed by atoms with Gasteiger partial charge in [-0.25, -0.2) is 14.1 Å². The zero-order chi connectivity index (χ0) is 20.5. The van der Waals surface area contributed by atoms with Gasteiger partial charge in [0.2, 0.25) is 0 Å². The van der Waals surface area contributed by atoms with Gasteiger partial charge in [0.25, 0.3) is 11.8 Å². The third kappa shape index (κ3) is 4.07. The molecular weight excluding hydrogens is 389 g/mol. The van der Waals surface area contributed by atoms with E-state index in [2.05, 4.69) is 10.6 Å². The summed E-state index contributed by atoms with van der Waals surface area (Å²) >= 11 is 5.92. The zero-order valence-electron chi connectivity index (χ0n) is 15.1. The summed E-state index contributed by atoms with van der Waals surface area (Å²) in [7, 11) is 0. The Hall–Kier alpha value is -3.13. The highest BCUT2D eigenvalue weighted by molar-refractivity contribution is 6.30. The molecule has 4 amide bonds. The van der Waals surface area contributed by atoms with Gasteiger partial charge in [-0.05, 0) is 50.2 Å². The van der Waals surface area contributed by atoms with Crippen molar-refractivity contribution in [1.82, 2.24) is 5.32 Å². The maximum atomic E-state index is 14.1. The van der Waals surface area contributed by atoms with E-state index in [1.807, 2.05) is 0 Å². The second-order valence-electron chi connectivity index (χ2n) is 6.58. The highest BCUT2D eigenvalue weighted by Crippen LogP contribution is 2.27. The van der Waals surface area contributed by atoms with Gasteiger partial charge in [0.05, 0.1) is 12.2 Å². The number of carbonyl (C=O) groups is 3. The average molecular weight is 406 g/mol. The quantitative estimate of drug-likeness (QED) is 0.747. The van der Waals surface area contributed by atoms with Gasteiger partial charge in [0.15, 0.2) is 5.60 Å². The van der Waals surface area contributed by atoms with Gasteiger partial charge in [-0.1, -0.05) is 17.7 Å². The number of rotatable bonds is 5. The predicted molar refractivity (Wildman–Crippen MR) is 102 cm³/mol. The standard InChI is InChI=1S/C19H17ClFN3O4/c1-19(2,28-13-5-3-4-11(20)8-13)17(26)23-12-6-7-14(21)15(9-12)24-16(25)10-22-18(24)27/h3-9H,10H2,1-2H3,(H,22,27)(H,23,26). The molecule has 2 aromatic carbocycles. The number of nitrogens with one attached hydrogen (secondary N) is 2. The predicted octanol–water partition coefficient (Wildman–Crippen LogP) is 3.33. The van der Waals surface area contributed by atoms with Crippen LogP contribution < -0.4 is 20.3 Å². The molecule has 0 unspecified atom stereocenters. The number of imide groups is 1. The van der Waals surface area contributed by atoms with Crippen molar-refractivity contribution in [2.45, 2.75) is 19.4 Å². The van der Waals surface area contributed by atoms with E-state index in [1.54, 1.807) is 38.1 Å². The van der Waals surface area contributed by atoms with Crippen molar-refractivity contribution >= 4 is 40.8 Å². The van der Waals surface area contributed by atoms with E-state index in [4.69, 9.17) is 16.3 Å². The highest BCUT2D eigenvalue weighted by atomic mass is 35.5. The molecule has 7 nitrogen and oxygen atoms in total. The number of ether oxygens (including phenoxy) is 1. The van der Waals surface area contributed by atoms with Gasteiger partial charge < -0.3 is 15.4 Å². The summed E-state index contributed by atoms with van der Waals surface area (Å²) in [4.78, 5) is 36.9. The van der Waals surface area contributed by atoms with Crippen molar-refractivity contribution in [1.29, 1.82) is 0 Å². The Labute approximate surface area is 165 Å². The molecule has 28 heavy (non-hydrogen) atoms. The lowest BCUT2D eigenvalue weighted by atomic mass is 10.1. The summed E-state index contributed by atoms with van der Waals surface area (Å²) in [6.07, 6.45) is 0. The van der Waals surface area contributed by atoms with Gasteiger partial charge >= 0.3 is 6.03 Å². The third-order valence-corrected chi connectivity index (χ3v) is 4.24. The molecule has 146 valence electrons. The lowest BCUT2D eigenvalue weighted by molar-refractivity contribution is -0.128. The van der Waals surface area contributed by atoms with Gasteiger partial charge in [-0.2, -0.15) is 0 Å². The minimum Gasteiger partial charge on any atom is -0.478 e. The van der Waals surface area contributed by atoms with Crippen molar-refractivity contribution in [3.8, 4) is 5.75 Å². The Morgan fingerprint density at radius 3 is 2.64 bits per heavy atom. The van der Waals surface area contributed by atoms with Gasteiger partial charge in [0.1, 0.15) is 11.6 Å². The third-order valence-electron chi connectivity index (χ3n) is 4.00. The van der Waals surface area contributed by atoms with E-state index < -0.39 is 29.3 Å². The summed E-state index contributed by atoms with van der Waals surface area (Å²) in [6, 6.07) is 9.48. The first-order valence-corrected chi connectivity index (χ1v) is 8.71. The van der Waals surface area contributed by atoms with Crippen molar-refractivity contribution in [2.24, 2.45) is 0 Å². The van der Waals surface area contributed by atoms with Crippen LogP contribution in [-0.4, -0.2) is 30.0 Å². The smallest absolute Gasteiger partial charge is 0.329 e. The summed E-state index contributed by atoms with van der Waals surface area (Å²) < 4.78 is 19.8. The first-order chi connectivity index (χ1) is 13.2. The van der Waals surface area contributed by atoms with Gasteiger partial charge in [-0.3, -0.25) is 9.59 Å². The summed E-state index contributed by atoms with van der Waals surface area (Å²) in [5, 5.41) is 5.38. The van der Waals surface area contributed by atoms with Gasteiger partial charge in [0, 0.05) is 10.7 Å². The van der Waals surface area contributed by atoms with Crippen LogP contribution in [0.3, 0.4) is 0 Å². The molecule has 0 aromatic heterocycles. The molecule has 3 rings (SSSR count). The summed E-state index contributed by atoms with van der Waals surface area (Å²) in [5.74, 6) is -1.45. The van der Waals surface area contributed by atoms with Crippen molar-refractivity contribution in [3.05, 3.63) is 53.3 Å². The van der Waals surface area contributed by atoms with E-state index in [-0.39, 0.29) is 17.9 Å². The number of hydrogen-bond acceptors (Lipinski definition) is 4. The molecule has 1 aliphatic rings. The molecule has 0 bridgehead atoms. The largest absolute Gasteiger partial charge is 0.478 e. The van der Waals surface area contributed by atoms with Crippen molar-refractivity contribution < 1.29 is 23.5 Å². The molecule has 0 radical (unpaired) electrons. The molecule has 1 saturated heterocycles. The Morgan fingerprint density at radius 1 is 1.25 bits per heavy atom. The molecular formula is C19H17ClFN3O4. The molecule has 2 N–H and O–H groups in total. The summed E-state index contributed by atoms with van der Waals surface area (Å²) in [5.41, 5.74) is -1.32. The van der Waals surface area contributed by atoms with Crippen LogP contribution in [0.5, 0.6) is 5.75 Å². The Balaban J connectivity index is 1.79. The molecule has 0 atom stereocenters. The monoisotopic (exact) mass is 405 g/mol. The Bertz CT molecular complexity index is 948. The molecule has 2 aromatic rings. The number of carbonyl (C=O) groups excluding carboxylic acids is 3. The lowest BCUT2D eigenvalue weighted by Crippen LogP contribution is -2.42. The van der Waals surface area contributed by atoms with E-state index in [0.717, 1.165) is 6.07 Å². The van der Waals surface area contributed by atoms with Crippen molar-refractivity contribution in [2.75, 3.05) is 16.8 Å². The molecule has 0 saturated carbocycles. The minimum atomic E-state index is -1.28. The van der Waals surface area contributed by atoms with E-state index >= 15 is 0 Å². The van der Waals surface area contributed by atoms with E-state index in [1.165, 1.54) is 12.1 Å². The molecule has 1 aliphatic heterocycles. The molecule has 0 spiro atoms. The minimum absolute atomic E-state index is 0.205. The maximum Gasteiger partial charge on any atom is 0.329 e. The lowest BCUT2D eigenvalue weighted by Gasteiger charge is -2.25. The van der Waals surface area contributed by atoms with E-state index in [9.17, 15) is 18.8 Å². The Kier molecular flexibility index (Phi) is 5.24. The summed E-state index contributed by atoms with van der Waals surface area (Å²) in [6.45, 7) is 2.91. The first-order valence-electron chi connectivity index (χ1n) is 8.34. The van der Waals surface area contributed by atoms with Crippen LogP contribution in [0.25, 0.3) is 0 Å². The topological polar surface area (TPSA) is 87.7 Å². The van der Waals surface area contributed by atoms with Crippen LogP contribution in [-0.2, 0) is 9.59 Å². The van der Waals surface area contributed by atoms with Crippen LogP contribution >= 0.6 is 11.6 Å². The van der Waals surface area contributed by atoms with Crippen LogP contribution in [0.15, 0.2) is 42.5 Å². The molecule has 9 heteroatoms. The van der Waals surface area contributed by atoms with Crippen LogP contribution in [0.2, 0.25) is 5.02 Å². The van der Waals surface area contributed by atoms with Gasteiger partial charge in [-0.15, -0.1) is 0 Å². The number of anilines is 2. The van der Waals surface area contributed by atoms with Crippen LogP contribution in [0, 0.1) is 5.82 Å². The maximum absolute atomic E-state index is 14.1.